The van der Waals surface area contributed by atoms with Crippen molar-refractivity contribution in [2.75, 3.05) is 26.2 Å². The molecule has 32 heavy (non-hydrogen) atoms. The number of rotatable bonds is 3. The molecule has 0 N–H and O–H groups in total. The van der Waals surface area contributed by atoms with Crippen molar-refractivity contribution in [3.63, 3.8) is 0 Å². The molecule has 168 valence electrons. The van der Waals surface area contributed by atoms with Gasteiger partial charge in [-0.15, -0.1) is 0 Å². The van der Waals surface area contributed by atoms with Crippen LogP contribution in [-0.2, 0) is 6.54 Å². The lowest BCUT2D eigenvalue weighted by Crippen LogP contribution is -2.48. The number of likely N-dealkylation sites (tertiary alicyclic amines) is 2. The summed E-state index contributed by atoms with van der Waals surface area (Å²) in [7, 11) is 0. The van der Waals surface area contributed by atoms with Crippen LogP contribution in [0.1, 0.15) is 61.0 Å². The summed E-state index contributed by atoms with van der Waals surface area (Å²) >= 11 is 0. The SMILES string of the molecule is CC1(C)C=Cc2cccc(CN3CCC4(CC3)CCN(C(=O)c3ccncc3)CC4)c2O1. The van der Waals surface area contributed by atoms with Crippen molar-refractivity contribution < 1.29 is 9.53 Å². The molecule has 3 aliphatic heterocycles. The fourth-order valence-corrected chi connectivity index (χ4v) is 5.36. The lowest BCUT2D eigenvalue weighted by atomic mass is 9.71. The average Bonchev–Trinajstić information content (AvgIpc) is 2.81. The Kier molecular flexibility index (Phi) is 5.54. The Morgan fingerprint density at radius 3 is 2.41 bits per heavy atom. The largest absolute Gasteiger partial charge is 0.483 e. The van der Waals surface area contributed by atoms with Gasteiger partial charge in [-0.25, -0.2) is 0 Å². The van der Waals surface area contributed by atoms with Crippen LogP contribution in [0.15, 0.2) is 48.8 Å². The Balaban J connectivity index is 1.17. The highest BCUT2D eigenvalue weighted by atomic mass is 16.5. The Morgan fingerprint density at radius 1 is 1.00 bits per heavy atom. The molecule has 2 fully saturated rings. The number of piperidine rings is 2. The van der Waals surface area contributed by atoms with E-state index in [9.17, 15) is 4.79 Å². The summed E-state index contributed by atoms with van der Waals surface area (Å²) in [5.74, 6) is 1.19. The van der Waals surface area contributed by atoms with Gasteiger partial charge in [0.05, 0.1) is 0 Å². The fraction of sp³-hybridized carbons (Fsp3) is 0.481. The number of benzene rings is 1. The monoisotopic (exact) mass is 431 g/mol. The number of pyridine rings is 1. The Morgan fingerprint density at radius 2 is 1.69 bits per heavy atom. The van der Waals surface area contributed by atoms with Gasteiger partial charge in [-0.3, -0.25) is 14.7 Å². The number of aromatic nitrogens is 1. The van der Waals surface area contributed by atoms with Crippen LogP contribution >= 0.6 is 0 Å². The molecular formula is C27H33N3O2. The summed E-state index contributed by atoms with van der Waals surface area (Å²) in [5, 5.41) is 0. The molecular weight excluding hydrogens is 398 g/mol. The number of hydrogen-bond donors (Lipinski definition) is 0. The second-order valence-corrected chi connectivity index (χ2v) is 10.2. The van der Waals surface area contributed by atoms with E-state index in [0.717, 1.165) is 56.9 Å². The molecule has 5 heteroatoms. The minimum absolute atomic E-state index is 0.144. The summed E-state index contributed by atoms with van der Waals surface area (Å²) in [4.78, 5) is 21.4. The molecule has 0 aliphatic carbocycles. The van der Waals surface area contributed by atoms with Crippen molar-refractivity contribution in [3.05, 3.63) is 65.5 Å². The van der Waals surface area contributed by atoms with E-state index in [1.165, 1.54) is 24.0 Å². The van der Waals surface area contributed by atoms with E-state index >= 15 is 0 Å². The van der Waals surface area contributed by atoms with Crippen LogP contribution < -0.4 is 4.74 Å². The summed E-state index contributed by atoms with van der Waals surface area (Å²) in [5.41, 5.74) is 3.35. The van der Waals surface area contributed by atoms with Gasteiger partial charge in [-0.2, -0.15) is 0 Å². The van der Waals surface area contributed by atoms with Gasteiger partial charge in [0.15, 0.2) is 0 Å². The fourth-order valence-electron chi connectivity index (χ4n) is 5.36. The van der Waals surface area contributed by atoms with Crippen LogP contribution in [-0.4, -0.2) is 52.5 Å². The quantitative estimate of drug-likeness (QED) is 0.701. The molecule has 0 atom stereocenters. The molecule has 2 saturated heterocycles. The first-order valence-corrected chi connectivity index (χ1v) is 11.9. The summed E-state index contributed by atoms with van der Waals surface area (Å²) in [6, 6.07) is 10.1. The van der Waals surface area contributed by atoms with Crippen molar-refractivity contribution >= 4 is 12.0 Å². The highest BCUT2D eigenvalue weighted by Gasteiger charge is 2.38. The summed E-state index contributed by atoms with van der Waals surface area (Å²) in [6.07, 6.45) is 12.4. The maximum atomic E-state index is 12.8. The van der Waals surface area contributed by atoms with Crippen molar-refractivity contribution in [1.29, 1.82) is 0 Å². The Hall–Kier alpha value is -2.66. The first-order valence-electron chi connectivity index (χ1n) is 11.9. The molecule has 5 nitrogen and oxygen atoms in total. The number of nitrogens with zero attached hydrogens (tertiary/aromatic N) is 3. The topological polar surface area (TPSA) is 45.7 Å². The van der Waals surface area contributed by atoms with Crippen molar-refractivity contribution in [2.45, 2.75) is 51.7 Å². The zero-order chi connectivity index (χ0) is 22.2. The van der Waals surface area contributed by atoms with Gasteiger partial charge in [-0.05, 0) is 76.2 Å². The zero-order valence-electron chi connectivity index (χ0n) is 19.2. The minimum atomic E-state index is -0.253. The highest BCUT2D eigenvalue weighted by Crippen LogP contribution is 2.42. The van der Waals surface area contributed by atoms with E-state index in [2.05, 4.69) is 54.1 Å². The van der Waals surface area contributed by atoms with E-state index < -0.39 is 0 Å². The molecule has 0 unspecified atom stereocenters. The Labute approximate surface area is 191 Å². The highest BCUT2D eigenvalue weighted by molar-refractivity contribution is 5.94. The molecule has 0 saturated carbocycles. The third-order valence-electron chi connectivity index (χ3n) is 7.51. The van der Waals surface area contributed by atoms with Gasteiger partial charge in [0.1, 0.15) is 11.4 Å². The maximum absolute atomic E-state index is 12.8. The standard InChI is InChI=1S/C27H33N3O2/c1-26(2)9-6-21-4-3-5-23(24(21)32-26)20-29-16-10-27(11-17-29)12-18-30(19-13-27)25(31)22-7-14-28-15-8-22/h3-9,14-15H,10-13,16-20H2,1-2H3. The van der Waals surface area contributed by atoms with E-state index in [1.807, 2.05) is 17.0 Å². The van der Waals surface area contributed by atoms with Gasteiger partial charge >= 0.3 is 0 Å². The number of hydrogen-bond acceptors (Lipinski definition) is 4. The van der Waals surface area contributed by atoms with Gasteiger partial charge in [0.2, 0.25) is 0 Å². The van der Waals surface area contributed by atoms with Gasteiger partial charge in [0, 0.05) is 48.7 Å². The smallest absolute Gasteiger partial charge is 0.253 e. The molecule has 1 spiro atoms. The number of carbonyl (C=O) groups excluding carboxylic acids is 1. The van der Waals surface area contributed by atoms with E-state index in [4.69, 9.17) is 4.74 Å². The van der Waals surface area contributed by atoms with E-state index in [0.29, 0.717) is 5.41 Å². The summed E-state index contributed by atoms with van der Waals surface area (Å²) in [6.45, 7) is 9.11. The first kappa shape index (κ1) is 21.2. The molecule has 4 heterocycles. The van der Waals surface area contributed by atoms with Gasteiger partial charge < -0.3 is 9.64 Å². The minimum Gasteiger partial charge on any atom is -0.483 e. The molecule has 3 aliphatic rings. The maximum Gasteiger partial charge on any atom is 0.253 e. The molecule has 1 amide bonds. The van der Waals surface area contributed by atoms with Crippen LogP contribution in [0.5, 0.6) is 5.75 Å². The Bertz CT molecular complexity index is 997. The molecule has 2 aromatic rings. The molecule has 0 radical (unpaired) electrons. The predicted octanol–water partition coefficient (Wildman–Crippen LogP) is 4.78. The van der Waals surface area contributed by atoms with Crippen LogP contribution in [0.2, 0.25) is 0 Å². The number of fused-ring (bicyclic) bond motifs is 1. The second kappa shape index (κ2) is 8.36. The molecule has 1 aromatic heterocycles. The summed E-state index contributed by atoms with van der Waals surface area (Å²) < 4.78 is 6.32. The zero-order valence-corrected chi connectivity index (χ0v) is 19.2. The predicted molar refractivity (Wildman–Crippen MR) is 127 cm³/mol. The molecule has 1 aromatic carbocycles. The lowest BCUT2D eigenvalue weighted by Gasteiger charge is -2.47. The van der Waals surface area contributed by atoms with Crippen molar-refractivity contribution in [1.82, 2.24) is 14.8 Å². The molecule has 5 rings (SSSR count). The van der Waals surface area contributed by atoms with Gasteiger partial charge in [-0.1, -0.05) is 24.3 Å². The van der Waals surface area contributed by atoms with Crippen LogP contribution in [0, 0.1) is 5.41 Å². The van der Waals surface area contributed by atoms with Crippen LogP contribution in [0.3, 0.4) is 0 Å². The second-order valence-electron chi connectivity index (χ2n) is 10.2. The van der Waals surface area contributed by atoms with Crippen molar-refractivity contribution in [3.8, 4) is 5.75 Å². The lowest BCUT2D eigenvalue weighted by molar-refractivity contribution is 0.0282. The number of amides is 1. The van der Waals surface area contributed by atoms with Gasteiger partial charge in [0.25, 0.3) is 5.91 Å². The van der Waals surface area contributed by atoms with Crippen molar-refractivity contribution in [2.24, 2.45) is 5.41 Å². The number of carbonyl (C=O) groups is 1. The normalized spacial score (nSPS) is 21.8. The first-order chi connectivity index (χ1) is 15.4. The average molecular weight is 432 g/mol. The van der Waals surface area contributed by atoms with Crippen LogP contribution in [0.4, 0.5) is 0 Å². The number of ether oxygens (including phenoxy) is 1. The van der Waals surface area contributed by atoms with E-state index in [-0.39, 0.29) is 11.5 Å². The van der Waals surface area contributed by atoms with E-state index in [1.54, 1.807) is 12.4 Å². The number of para-hydroxylation sites is 1. The molecule has 0 bridgehead atoms. The third kappa shape index (κ3) is 4.31. The van der Waals surface area contributed by atoms with Crippen LogP contribution in [0.25, 0.3) is 6.08 Å². The third-order valence-corrected chi connectivity index (χ3v) is 7.51.